The highest BCUT2D eigenvalue weighted by Crippen LogP contribution is 2.34. The molecule has 0 aliphatic carbocycles. The van der Waals surface area contributed by atoms with Gasteiger partial charge in [0.25, 0.3) is 17.7 Å². The molecule has 2 aromatic rings. The summed E-state index contributed by atoms with van der Waals surface area (Å²) in [5, 5.41) is 3.09. The van der Waals surface area contributed by atoms with Gasteiger partial charge >= 0.3 is 0 Å². The van der Waals surface area contributed by atoms with Crippen molar-refractivity contribution in [2.45, 2.75) is 19.9 Å². The van der Waals surface area contributed by atoms with E-state index in [2.05, 4.69) is 12.2 Å². The number of nitrogens with zero attached hydrogens (tertiary/aromatic N) is 1. The number of carbonyl (C=O) groups is 4. The van der Waals surface area contributed by atoms with Crippen LogP contribution in [0.1, 0.15) is 48.4 Å². The molecule has 3 heterocycles. The number of benzene rings is 1. The zero-order valence-electron chi connectivity index (χ0n) is 15.9. The molecule has 0 saturated heterocycles. The van der Waals surface area contributed by atoms with Crippen molar-refractivity contribution in [3.63, 3.8) is 0 Å². The summed E-state index contributed by atoms with van der Waals surface area (Å²) in [6.45, 7) is 4.35. The predicted molar refractivity (Wildman–Crippen MR) is 107 cm³/mol. The van der Waals surface area contributed by atoms with Crippen molar-refractivity contribution in [1.29, 1.82) is 0 Å². The number of fused-ring (bicyclic) bond motifs is 2. The van der Waals surface area contributed by atoms with E-state index in [0.717, 1.165) is 41.4 Å². The number of nitrogens with two attached hydrogens (primary N) is 1. The second-order valence-corrected chi connectivity index (χ2v) is 8.25. The molecule has 2 aliphatic heterocycles. The predicted octanol–water partition coefficient (Wildman–Crippen LogP) is 0.0426. The van der Waals surface area contributed by atoms with Crippen LogP contribution in [0, 0.1) is 0 Å². The van der Waals surface area contributed by atoms with Crippen LogP contribution < -0.4 is 16.0 Å². The third kappa shape index (κ3) is 3.32. The van der Waals surface area contributed by atoms with Crippen LogP contribution in [-0.2, 0) is 17.8 Å². The minimum absolute atomic E-state index is 0.289. The van der Waals surface area contributed by atoms with Gasteiger partial charge in [-0.1, -0.05) is 12.1 Å². The van der Waals surface area contributed by atoms with Gasteiger partial charge in [0.05, 0.1) is 34.7 Å². The van der Waals surface area contributed by atoms with Crippen molar-refractivity contribution < 1.29 is 24.1 Å². The number of carbonyl (C=O) groups excluding carboxylic acids is 4. The minimum atomic E-state index is -0.585. The molecular formula is C20H21N4O4S+. The average molecular weight is 413 g/mol. The number of amides is 4. The van der Waals surface area contributed by atoms with E-state index < -0.39 is 30.2 Å². The number of rotatable bonds is 5. The molecular weight excluding hydrogens is 392 g/mol. The van der Waals surface area contributed by atoms with Gasteiger partial charge in [-0.15, -0.1) is 11.3 Å². The number of quaternary nitrogens is 1. The normalized spacial score (nSPS) is 17.8. The Bertz CT molecular complexity index is 1010. The lowest BCUT2D eigenvalue weighted by Crippen LogP contribution is -3.11. The molecule has 9 heteroatoms. The first-order chi connectivity index (χ1) is 13.9. The Morgan fingerprint density at radius 2 is 1.86 bits per heavy atom. The lowest BCUT2D eigenvalue weighted by molar-refractivity contribution is -0.913. The van der Waals surface area contributed by atoms with Gasteiger partial charge in [0, 0.05) is 6.42 Å². The third-order valence-electron chi connectivity index (χ3n) is 5.41. The Labute approximate surface area is 171 Å². The van der Waals surface area contributed by atoms with Gasteiger partial charge in [0.2, 0.25) is 5.91 Å². The van der Waals surface area contributed by atoms with Crippen molar-refractivity contribution in [3.05, 3.63) is 51.4 Å². The summed E-state index contributed by atoms with van der Waals surface area (Å²) in [4.78, 5) is 52.9. The van der Waals surface area contributed by atoms with Gasteiger partial charge < -0.3 is 16.0 Å². The van der Waals surface area contributed by atoms with Crippen molar-refractivity contribution in [3.8, 4) is 0 Å². The van der Waals surface area contributed by atoms with E-state index in [9.17, 15) is 19.2 Å². The minimum Gasteiger partial charge on any atom is -0.365 e. The molecule has 1 aromatic carbocycles. The van der Waals surface area contributed by atoms with Gasteiger partial charge in [-0.2, -0.15) is 0 Å². The quantitative estimate of drug-likeness (QED) is 0.601. The molecule has 4 amide bonds. The molecule has 1 unspecified atom stereocenters. The van der Waals surface area contributed by atoms with Gasteiger partial charge in [0.15, 0.2) is 0 Å². The molecule has 0 fully saturated rings. The summed E-state index contributed by atoms with van der Waals surface area (Å²) < 4.78 is 0. The first-order valence-electron chi connectivity index (χ1n) is 9.43. The average Bonchev–Trinajstić information content (AvgIpc) is 3.18. The monoisotopic (exact) mass is 413 g/mol. The molecule has 150 valence electrons. The standard InChI is InChI=1S/C20H20N4O4S/c1-2-23-8-7-13-14(9-23)29-18(16(13)17(21)26)22-15(25)10-24-19(27)11-5-3-4-6-12(11)20(24)28/h3-6H,2,7-10H2,1H3,(H2,21,26)(H,22,25)/p+1. The van der Waals surface area contributed by atoms with Gasteiger partial charge in [-0.25, -0.2) is 0 Å². The highest BCUT2D eigenvalue weighted by Gasteiger charge is 2.37. The topological polar surface area (TPSA) is 114 Å². The fraction of sp³-hybridized carbons (Fsp3) is 0.300. The molecule has 4 rings (SSSR count). The Morgan fingerprint density at radius 3 is 2.45 bits per heavy atom. The summed E-state index contributed by atoms with van der Waals surface area (Å²) in [7, 11) is 0. The number of nitrogens with one attached hydrogen (secondary N) is 2. The number of hydrogen-bond donors (Lipinski definition) is 3. The Balaban J connectivity index is 1.54. The van der Waals surface area contributed by atoms with Crippen LogP contribution in [0.2, 0.25) is 0 Å². The molecule has 4 N–H and O–H groups in total. The van der Waals surface area contributed by atoms with E-state index in [-0.39, 0.29) is 11.1 Å². The Kier molecular flexibility index (Phi) is 4.93. The Hall–Kier alpha value is -3.04. The zero-order valence-corrected chi connectivity index (χ0v) is 16.7. The lowest BCUT2D eigenvalue weighted by Gasteiger charge is -2.22. The van der Waals surface area contributed by atoms with Crippen molar-refractivity contribution in [1.82, 2.24) is 4.90 Å². The maximum atomic E-state index is 12.6. The summed E-state index contributed by atoms with van der Waals surface area (Å²) in [5.41, 5.74) is 7.40. The van der Waals surface area contributed by atoms with Crippen LogP contribution in [0.15, 0.2) is 24.3 Å². The lowest BCUT2D eigenvalue weighted by atomic mass is 10.0. The van der Waals surface area contributed by atoms with Crippen molar-refractivity contribution >= 4 is 40.0 Å². The van der Waals surface area contributed by atoms with E-state index in [1.165, 1.54) is 16.2 Å². The second kappa shape index (κ2) is 7.41. The maximum absolute atomic E-state index is 12.6. The van der Waals surface area contributed by atoms with E-state index in [1.54, 1.807) is 24.3 Å². The number of primary amides is 1. The van der Waals surface area contributed by atoms with E-state index in [0.29, 0.717) is 10.6 Å². The van der Waals surface area contributed by atoms with Crippen LogP contribution in [-0.4, -0.2) is 48.2 Å². The molecule has 1 atom stereocenters. The maximum Gasteiger partial charge on any atom is 0.262 e. The number of imide groups is 1. The summed E-state index contributed by atoms with van der Waals surface area (Å²) in [5.74, 6) is -2.12. The molecule has 0 radical (unpaired) electrons. The first-order valence-corrected chi connectivity index (χ1v) is 10.2. The van der Waals surface area contributed by atoms with E-state index in [4.69, 9.17) is 5.73 Å². The fourth-order valence-electron chi connectivity index (χ4n) is 3.88. The SMILES string of the molecule is CC[NH+]1CCc2c(sc(NC(=O)CN3C(=O)c4ccccc4C3=O)c2C(N)=O)C1. The smallest absolute Gasteiger partial charge is 0.262 e. The van der Waals surface area contributed by atoms with Crippen LogP contribution in [0.25, 0.3) is 0 Å². The molecule has 0 saturated carbocycles. The summed E-state index contributed by atoms with van der Waals surface area (Å²) >= 11 is 1.34. The van der Waals surface area contributed by atoms with Gasteiger partial charge in [-0.3, -0.25) is 24.1 Å². The van der Waals surface area contributed by atoms with Crippen LogP contribution in [0.4, 0.5) is 5.00 Å². The second-order valence-electron chi connectivity index (χ2n) is 7.14. The van der Waals surface area contributed by atoms with Crippen molar-refractivity contribution in [2.24, 2.45) is 5.73 Å². The van der Waals surface area contributed by atoms with Crippen LogP contribution in [0.3, 0.4) is 0 Å². The van der Waals surface area contributed by atoms with Gasteiger partial charge in [0.1, 0.15) is 18.1 Å². The number of thiophene rings is 1. The molecule has 1 aromatic heterocycles. The highest BCUT2D eigenvalue weighted by atomic mass is 32.1. The number of likely N-dealkylation sites (N-methyl/N-ethyl adjacent to an activating group) is 1. The first kappa shape index (κ1) is 19.3. The molecule has 0 spiro atoms. The van der Waals surface area contributed by atoms with Gasteiger partial charge in [-0.05, 0) is 24.6 Å². The molecule has 2 aliphatic rings. The summed E-state index contributed by atoms with van der Waals surface area (Å²) in [6, 6.07) is 6.47. The van der Waals surface area contributed by atoms with Crippen molar-refractivity contribution in [2.75, 3.05) is 25.0 Å². The molecule has 8 nitrogen and oxygen atoms in total. The molecule has 0 bridgehead atoms. The highest BCUT2D eigenvalue weighted by molar-refractivity contribution is 7.17. The fourth-order valence-corrected chi connectivity index (χ4v) is 5.22. The number of hydrogen-bond acceptors (Lipinski definition) is 5. The number of anilines is 1. The summed E-state index contributed by atoms with van der Waals surface area (Å²) in [6.07, 6.45) is 0.724. The Morgan fingerprint density at radius 1 is 1.21 bits per heavy atom. The van der Waals surface area contributed by atoms with E-state index in [1.807, 2.05) is 0 Å². The van der Waals surface area contributed by atoms with Crippen LogP contribution >= 0.6 is 11.3 Å². The molecule has 29 heavy (non-hydrogen) atoms. The third-order valence-corrected chi connectivity index (χ3v) is 6.56. The van der Waals surface area contributed by atoms with Crippen LogP contribution in [0.5, 0.6) is 0 Å². The zero-order chi connectivity index (χ0) is 20.7. The van der Waals surface area contributed by atoms with E-state index >= 15 is 0 Å². The largest absolute Gasteiger partial charge is 0.365 e.